The lowest BCUT2D eigenvalue weighted by Crippen LogP contribution is -2.02. The normalized spacial score (nSPS) is 10.7. The molecule has 3 N–H and O–H groups in total. The molecule has 0 saturated carbocycles. The fourth-order valence-corrected chi connectivity index (χ4v) is 2.24. The van der Waals surface area contributed by atoms with Crippen molar-refractivity contribution in [1.29, 1.82) is 0 Å². The zero-order chi connectivity index (χ0) is 13.3. The summed E-state index contributed by atoms with van der Waals surface area (Å²) in [7, 11) is 1.89. The monoisotopic (exact) mass is 308 g/mol. The van der Waals surface area contributed by atoms with Crippen LogP contribution < -0.4 is 11.1 Å². The van der Waals surface area contributed by atoms with Gasteiger partial charge in [-0.05, 0) is 31.0 Å². The van der Waals surface area contributed by atoms with E-state index >= 15 is 0 Å². The van der Waals surface area contributed by atoms with Gasteiger partial charge in [0.15, 0.2) is 5.82 Å². The van der Waals surface area contributed by atoms with Crippen molar-refractivity contribution in [2.75, 3.05) is 11.1 Å². The van der Waals surface area contributed by atoms with Gasteiger partial charge in [0.25, 0.3) is 0 Å². The van der Waals surface area contributed by atoms with Crippen LogP contribution in [0.2, 0.25) is 0 Å². The van der Waals surface area contributed by atoms with Gasteiger partial charge in [-0.2, -0.15) is 5.10 Å². The van der Waals surface area contributed by atoms with Crippen LogP contribution in [0.15, 0.2) is 22.7 Å². The van der Waals surface area contributed by atoms with Crippen LogP contribution in [-0.4, -0.2) is 9.78 Å². The van der Waals surface area contributed by atoms with Gasteiger partial charge in [0.1, 0.15) is 0 Å². The summed E-state index contributed by atoms with van der Waals surface area (Å²) in [5.41, 5.74) is 9.92. The van der Waals surface area contributed by atoms with E-state index in [0.717, 1.165) is 39.3 Å². The van der Waals surface area contributed by atoms with Gasteiger partial charge in [0.05, 0.1) is 11.4 Å². The van der Waals surface area contributed by atoms with Crippen LogP contribution in [0.1, 0.15) is 18.2 Å². The van der Waals surface area contributed by atoms with E-state index in [0.29, 0.717) is 0 Å². The highest BCUT2D eigenvalue weighted by Crippen LogP contribution is 2.30. The summed E-state index contributed by atoms with van der Waals surface area (Å²) in [5.74, 6) is 0.841. The third-order valence-corrected chi connectivity index (χ3v) is 3.88. The van der Waals surface area contributed by atoms with Crippen molar-refractivity contribution in [2.24, 2.45) is 7.05 Å². The second-order valence-electron chi connectivity index (χ2n) is 4.22. The van der Waals surface area contributed by atoms with Crippen LogP contribution in [0.5, 0.6) is 0 Å². The summed E-state index contributed by atoms with van der Waals surface area (Å²) in [6.45, 7) is 4.10. The molecule has 96 valence electrons. The Morgan fingerprint density at radius 2 is 2.17 bits per heavy atom. The summed E-state index contributed by atoms with van der Waals surface area (Å²) in [4.78, 5) is 0. The van der Waals surface area contributed by atoms with Crippen molar-refractivity contribution < 1.29 is 0 Å². The Morgan fingerprint density at radius 1 is 1.44 bits per heavy atom. The van der Waals surface area contributed by atoms with E-state index in [1.165, 1.54) is 0 Å². The van der Waals surface area contributed by atoms with E-state index in [-0.39, 0.29) is 0 Å². The van der Waals surface area contributed by atoms with E-state index < -0.39 is 0 Å². The van der Waals surface area contributed by atoms with Crippen molar-refractivity contribution in [3.8, 4) is 0 Å². The molecule has 0 fully saturated rings. The van der Waals surface area contributed by atoms with Crippen LogP contribution in [0.3, 0.4) is 0 Å². The first kappa shape index (κ1) is 13.0. The Labute approximate surface area is 115 Å². The van der Waals surface area contributed by atoms with Crippen LogP contribution in [-0.2, 0) is 13.5 Å². The molecule has 0 aliphatic rings. The number of rotatable bonds is 3. The van der Waals surface area contributed by atoms with E-state index in [9.17, 15) is 0 Å². The fraction of sp³-hybridized carbons (Fsp3) is 0.308. The molecule has 0 atom stereocenters. The minimum Gasteiger partial charge on any atom is -0.394 e. The molecule has 0 radical (unpaired) electrons. The Balaban J connectivity index is 2.40. The van der Waals surface area contributed by atoms with Gasteiger partial charge in [-0.3, -0.25) is 4.68 Å². The minimum atomic E-state index is 0.722. The molecule has 2 rings (SSSR count). The highest BCUT2D eigenvalue weighted by Gasteiger charge is 2.13. The van der Waals surface area contributed by atoms with Gasteiger partial charge in [0.2, 0.25) is 0 Å². The van der Waals surface area contributed by atoms with E-state index in [2.05, 4.69) is 33.3 Å². The van der Waals surface area contributed by atoms with Gasteiger partial charge in [-0.1, -0.05) is 28.9 Å². The first-order valence-corrected chi connectivity index (χ1v) is 6.67. The summed E-state index contributed by atoms with van der Waals surface area (Å²) >= 11 is 3.52. The molecule has 0 spiro atoms. The van der Waals surface area contributed by atoms with Crippen molar-refractivity contribution >= 4 is 33.1 Å². The molecule has 0 unspecified atom stereocenters. The van der Waals surface area contributed by atoms with Crippen LogP contribution in [0.25, 0.3) is 0 Å². The largest absolute Gasteiger partial charge is 0.394 e. The third-order valence-electron chi connectivity index (χ3n) is 3.02. The fourth-order valence-electron chi connectivity index (χ4n) is 1.88. The number of nitrogens with zero attached hydrogens (tertiary/aromatic N) is 2. The smallest absolute Gasteiger partial charge is 0.152 e. The molecule has 0 saturated heterocycles. The number of hydrogen-bond donors (Lipinski definition) is 2. The number of aryl methyl sites for hydroxylation is 2. The minimum absolute atomic E-state index is 0.722. The van der Waals surface area contributed by atoms with Gasteiger partial charge in [-0.25, -0.2) is 0 Å². The molecule has 1 heterocycles. The number of nitrogens with one attached hydrogen (secondary N) is 1. The standard InChI is InChI=1S/C13H17BrN4/c1-4-10-12(15)13(18(3)17-10)16-11-7-5-6-9(14)8(11)2/h5-7,16H,4,15H2,1-3H3. The number of aromatic nitrogens is 2. The molecule has 0 aliphatic heterocycles. The molecule has 0 amide bonds. The quantitative estimate of drug-likeness (QED) is 0.914. The van der Waals surface area contributed by atoms with Crippen molar-refractivity contribution in [3.05, 3.63) is 33.9 Å². The highest BCUT2D eigenvalue weighted by atomic mass is 79.9. The zero-order valence-electron chi connectivity index (χ0n) is 10.8. The number of anilines is 3. The predicted octanol–water partition coefficient (Wildman–Crippen LogP) is 3.38. The maximum Gasteiger partial charge on any atom is 0.152 e. The lowest BCUT2D eigenvalue weighted by Gasteiger charge is -2.11. The Kier molecular flexibility index (Phi) is 3.61. The lowest BCUT2D eigenvalue weighted by molar-refractivity contribution is 0.753. The van der Waals surface area contributed by atoms with Crippen LogP contribution in [0.4, 0.5) is 17.2 Å². The summed E-state index contributed by atoms with van der Waals surface area (Å²) in [6.07, 6.45) is 0.832. The molecule has 4 nitrogen and oxygen atoms in total. The molecule has 0 aliphatic carbocycles. The average Bonchev–Trinajstić information content (AvgIpc) is 2.62. The number of nitrogens with two attached hydrogens (primary N) is 1. The third kappa shape index (κ3) is 2.22. The van der Waals surface area contributed by atoms with E-state index in [1.807, 2.05) is 32.2 Å². The van der Waals surface area contributed by atoms with Crippen molar-refractivity contribution in [2.45, 2.75) is 20.3 Å². The summed E-state index contributed by atoms with van der Waals surface area (Å²) in [5, 5.41) is 7.74. The maximum atomic E-state index is 6.09. The highest BCUT2D eigenvalue weighted by molar-refractivity contribution is 9.10. The van der Waals surface area contributed by atoms with Gasteiger partial charge in [0, 0.05) is 17.2 Å². The van der Waals surface area contributed by atoms with Crippen LogP contribution in [0, 0.1) is 6.92 Å². The Bertz CT molecular complexity index is 575. The summed E-state index contributed by atoms with van der Waals surface area (Å²) in [6, 6.07) is 6.04. The number of hydrogen-bond acceptors (Lipinski definition) is 3. The van der Waals surface area contributed by atoms with Gasteiger partial charge < -0.3 is 11.1 Å². The van der Waals surface area contributed by atoms with Crippen LogP contribution >= 0.6 is 15.9 Å². The van der Waals surface area contributed by atoms with Crippen molar-refractivity contribution in [3.63, 3.8) is 0 Å². The van der Waals surface area contributed by atoms with Gasteiger partial charge >= 0.3 is 0 Å². The second kappa shape index (κ2) is 5.02. The lowest BCUT2D eigenvalue weighted by atomic mass is 10.2. The van der Waals surface area contributed by atoms with Crippen molar-refractivity contribution in [1.82, 2.24) is 9.78 Å². The molecule has 1 aromatic heterocycles. The molecular weight excluding hydrogens is 292 g/mol. The van der Waals surface area contributed by atoms with Gasteiger partial charge in [-0.15, -0.1) is 0 Å². The first-order valence-electron chi connectivity index (χ1n) is 5.88. The van der Waals surface area contributed by atoms with E-state index in [4.69, 9.17) is 5.73 Å². The first-order chi connectivity index (χ1) is 8.54. The van der Waals surface area contributed by atoms with E-state index in [1.54, 1.807) is 4.68 Å². The number of halogens is 1. The summed E-state index contributed by atoms with van der Waals surface area (Å²) < 4.78 is 2.86. The topological polar surface area (TPSA) is 55.9 Å². The zero-order valence-corrected chi connectivity index (χ0v) is 12.4. The molecular formula is C13H17BrN4. The predicted molar refractivity (Wildman–Crippen MR) is 79.2 cm³/mol. The number of nitrogen functional groups attached to an aromatic ring is 1. The molecule has 0 bridgehead atoms. The SMILES string of the molecule is CCc1nn(C)c(Nc2cccc(Br)c2C)c1N. The Hall–Kier alpha value is -1.49. The molecule has 1 aromatic carbocycles. The Morgan fingerprint density at radius 3 is 2.78 bits per heavy atom. The molecule has 5 heteroatoms. The average molecular weight is 309 g/mol. The second-order valence-corrected chi connectivity index (χ2v) is 5.08. The number of benzene rings is 1. The maximum absolute atomic E-state index is 6.09. The molecule has 18 heavy (non-hydrogen) atoms. The molecule has 2 aromatic rings.